The molecule has 1 atom stereocenters. The van der Waals surface area contributed by atoms with Crippen LogP contribution in [-0.2, 0) is 19.4 Å². The maximum absolute atomic E-state index is 13.1. The van der Waals surface area contributed by atoms with Gasteiger partial charge in [0.05, 0.1) is 6.54 Å². The van der Waals surface area contributed by atoms with E-state index in [2.05, 4.69) is 11.9 Å². The zero-order chi connectivity index (χ0) is 17.9. The molecule has 4 rings (SSSR count). The zero-order valence-corrected chi connectivity index (χ0v) is 15.9. The number of carbonyl (C=O) groups excluding carboxylic acids is 1. The summed E-state index contributed by atoms with van der Waals surface area (Å²) in [7, 11) is 0. The lowest BCUT2D eigenvalue weighted by Gasteiger charge is -2.29. The first-order valence-electron chi connectivity index (χ1n) is 10.5. The molecule has 0 aromatic carbocycles. The lowest BCUT2D eigenvalue weighted by atomic mass is 9.90. The number of likely N-dealkylation sites (tertiary alicyclic amines) is 1. The van der Waals surface area contributed by atoms with Crippen molar-refractivity contribution in [2.45, 2.75) is 82.8 Å². The van der Waals surface area contributed by atoms with E-state index in [4.69, 9.17) is 5.10 Å². The van der Waals surface area contributed by atoms with Crippen LogP contribution in [0.2, 0.25) is 0 Å². The Bertz CT molecular complexity index is 653. The third-order valence-corrected chi connectivity index (χ3v) is 6.32. The second-order valence-corrected chi connectivity index (χ2v) is 8.19. The van der Waals surface area contributed by atoms with Crippen molar-refractivity contribution < 1.29 is 4.79 Å². The van der Waals surface area contributed by atoms with Gasteiger partial charge in [0.25, 0.3) is 5.91 Å². The molecule has 1 N–H and O–H groups in total. The Labute approximate surface area is 156 Å². The van der Waals surface area contributed by atoms with Crippen LogP contribution in [0, 0.1) is 0 Å². The summed E-state index contributed by atoms with van der Waals surface area (Å²) in [6.07, 6.45) is 13.8. The van der Waals surface area contributed by atoms with Crippen molar-refractivity contribution in [2.75, 3.05) is 13.1 Å². The van der Waals surface area contributed by atoms with E-state index < -0.39 is 0 Å². The van der Waals surface area contributed by atoms with E-state index in [1.807, 2.05) is 15.7 Å². The fraction of sp³-hybridized carbons (Fsp3) is 0.714. The first-order valence-corrected chi connectivity index (χ1v) is 10.5. The minimum atomic E-state index is 0.144. The maximum atomic E-state index is 13.1. The van der Waals surface area contributed by atoms with Gasteiger partial charge in [-0.2, -0.15) is 5.10 Å². The number of hydrogen-bond donors (Lipinski definition) is 1. The first kappa shape index (κ1) is 17.8. The molecule has 26 heavy (non-hydrogen) atoms. The summed E-state index contributed by atoms with van der Waals surface area (Å²) in [4.78, 5) is 15.2. The second-order valence-electron chi connectivity index (χ2n) is 8.19. The predicted octanol–water partition coefficient (Wildman–Crippen LogP) is 3.08. The average Bonchev–Trinajstić information content (AvgIpc) is 3.30. The summed E-state index contributed by atoms with van der Waals surface area (Å²) < 4.78 is 2.02. The van der Waals surface area contributed by atoms with E-state index in [0.717, 1.165) is 45.2 Å². The lowest BCUT2D eigenvalue weighted by Crippen LogP contribution is -2.41. The number of nitrogens with zero attached hydrogens (tertiary/aromatic N) is 3. The van der Waals surface area contributed by atoms with Gasteiger partial charge >= 0.3 is 0 Å². The smallest absolute Gasteiger partial charge is 0.274 e. The molecule has 3 aliphatic rings. The third-order valence-electron chi connectivity index (χ3n) is 6.32. The number of rotatable bonds is 5. The highest BCUT2D eigenvalue weighted by Gasteiger charge is 2.32. The van der Waals surface area contributed by atoms with E-state index in [1.165, 1.54) is 43.4 Å². The van der Waals surface area contributed by atoms with Crippen LogP contribution < -0.4 is 5.32 Å². The Morgan fingerprint density at radius 3 is 2.62 bits per heavy atom. The van der Waals surface area contributed by atoms with E-state index in [1.54, 1.807) is 0 Å². The number of nitrogens with one attached hydrogen (secondary N) is 1. The largest absolute Gasteiger partial charge is 0.337 e. The molecule has 142 valence electrons. The van der Waals surface area contributed by atoms with Crippen molar-refractivity contribution in [3.05, 3.63) is 29.6 Å². The second kappa shape index (κ2) is 7.95. The van der Waals surface area contributed by atoms with E-state index in [-0.39, 0.29) is 5.91 Å². The van der Waals surface area contributed by atoms with Crippen molar-refractivity contribution in [3.63, 3.8) is 0 Å². The van der Waals surface area contributed by atoms with E-state index >= 15 is 0 Å². The number of aromatic nitrogens is 2. The van der Waals surface area contributed by atoms with Gasteiger partial charge in [0.15, 0.2) is 5.69 Å². The Morgan fingerprint density at radius 2 is 1.88 bits per heavy atom. The van der Waals surface area contributed by atoms with Gasteiger partial charge in [-0.25, -0.2) is 0 Å². The van der Waals surface area contributed by atoms with E-state index in [0.29, 0.717) is 24.3 Å². The van der Waals surface area contributed by atoms with Crippen LogP contribution in [0.5, 0.6) is 0 Å². The van der Waals surface area contributed by atoms with Crippen molar-refractivity contribution >= 4 is 5.91 Å². The van der Waals surface area contributed by atoms with E-state index in [9.17, 15) is 4.79 Å². The van der Waals surface area contributed by atoms with Gasteiger partial charge in [-0.3, -0.25) is 9.48 Å². The monoisotopic (exact) mass is 356 g/mol. The molecule has 5 nitrogen and oxygen atoms in total. The maximum Gasteiger partial charge on any atom is 0.274 e. The van der Waals surface area contributed by atoms with Gasteiger partial charge in [0.2, 0.25) is 0 Å². The first-order chi connectivity index (χ1) is 12.8. The lowest BCUT2D eigenvalue weighted by molar-refractivity contribution is 0.0716. The molecule has 1 saturated heterocycles. The Hall–Kier alpha value is -1.62. The molecule has 1 aliphatic heterocycles. The topological polar surface area (TPSA) is 50.2 Å². The SMILES string of the molecule is C=CCn1nc(C(=O)N2CCCCC2)c2c1CCC(NC1CCCC1)C2. The predicted molar refractivity (Wildman–Crippen MR) is 103 cm³/mol. The molecule has 2 heterocycles. The van der Waals surface area contributed by atoms with Crippen molar-refractivity contribution in [1.82, 2.24) is 20.0 Å². The standard InChI is InChI=1S/C21H32N4O/c1-2-12-25-19-11-10-17(22-16-8-4-5-9-16)15-18(19)20(23-25)21(26)24-13-6-3-7-14-24/h2,16-17,22H,1,3-15H2. The Kier molecular flexibility index (Phi) is 5.44. The summed E-state index contributed by atoms with van der Waals surface area (Å²) in [6, 6.07) is 1.16. The molecule has 1 aromatic rings. The van der Waals surface area contributed by atoms with Gasteiger partial charge < -0.3 is 10.2 Å². The summed E-state index contributed by atoms with van der Waals surface area (Å²) >= 11 is 0. The molecule has 5 heteroatoms. The highest BCUT2D eigenvalue weighted by atomic mass is 16.2. The number of amides is 1. The summed E-state index contributed by atoms with van der Waals surface area (Å²) in [5, 5.41) is 8.61. The van der Waals surface area contributed by atoms with Crippen LogP contribution in [-0.4, -0.2) is 45.8 Å². The van der Waals surface area contributed by atoms with Gasteiger partial charge in [0, 0.05) is 36.4 Å². The molecule has 0 radical (unpaired) electrons. The van der Waals surface area contributed by atoms with Crippen molar-refractivity contribution in [2.24, 2.45) is 0 Å². The number of fused-ring (bicyclic) bond motifs is 1. The van der Waals surface area contributed by atoms with Gasteiger partial charge in [-0.15, -0.1) is 6.58 Å². The minimum absolute atomic E-state index is 0.144. The van der Waals surface area contributed by atoms with Gasteiger partial charge in [-0.1, -0.05) is 18.9 Å². The summed E-state index contributed by atoms with van der Waals surface area (Å²) in [6.45, 7) is 6.32. The molecule has 0 spiro atoms. The Morgan fingerprint density at radius 1 is 1.12 bits per heavy atom. The number of hydrogen-bond acceptors (Lipinski definition) is 3. The zero-order valence-electron chi connectivity index (χ0n) is 15.9. The normalized spacial score (nSPS) is 23.8. The Balaban J connectivity index is 1.56. The molecule has 1 saturated carbocycles. The molecular weight excluding hydrogens is 324 g/mol. The number of piperidine rings is 1. The highest BCUT2D eigenvalue weighted by Crippen LogP contribution is 2.28. The van der Waals surface area contributed by atoms with Crippen LogP contribution >= 0.6 is 0 Å². The molecule has 0 bridgehead atoms. The van der Waals surface area contributed by atoms with Crippen molar-refractivity contribution in [1.29, 1.82) is 0 Å². The quantitative estimate of drug-likeness (QED) is 0.825. The highest BCUT2D eigenvalue weighted by molar-refractivity contribution is 5.94. The molecular formula is C21H32N4O. The molecule has 1 unspecified atom stereocenters. The third kappa shape index (κ3) is 3.59. The van der Waals surface area contributed by atoms with Crippen LogP contribution in [0.4, 0.5) is 0 Å². The minimum Gasteiger partial charge on any atom is -0.337 e. The average molecular weight is 357 g/mol. The van der Waals surface area contributed by atoms with Gasteiger partial charge in [-0.05, 0) is 51.4 Å². The fourth-order valence-corrected chi connectivity index (χ4v) is 4.95. The molecule has 1 amide bonds. The van der Waals surface area contributed by atoms with Crippen LogP contribution in [0.1, 0.15) is 73.1 Å². The summed E-state index contributed by atoms with van der Waals surface area (Å²) in [5.74, 6) is 0.144. The molecule has 1 aromatic heterocycles. The van der Waals surface area contributed by atoms with Crippen LogP contribution in [0.15, 0.2) is 12.7 Å². The molecule has 2 fully saturated rings. The summed E-state index contributed by atoms with van der Waals surface area (Å²) in [5.41, 5.74) is 3.17. The fourth-order valence-electron chi connectivity index (χ4n) is 4.95. The van der Waals surface area contributed by atoms with Gasteiger partial charge in [0.1, 0.15) is 0 Å². The van der Waals surface area contributed by atoms with Crippen LogP contribution in [0.3, 0.4) is 0 Å². The molecule has 2 aliphatic carbocycles. The number of allylic oxidation sites excluding steroid dienone is 1. The van der Waals surface area contributed by atoms with Crippen molar-refractivity contribution in [3.8, 4) is 0 Å². The van der Waals surface area contributed by atoms with Crippen LogP contribution in [0.25, 0.3) is 0 Å². The number of carbonyl (C=O) groups is 1.